The highest BCUT2D eigenvalue weighted by Gasteiger charge is 2.54. The van der Waals surface area contributed by atoms with Crippen LogP contribution in [0.4, 0.5) is 0 Å². The van der Waals surface area contributed by atoms with Crippen LogP contribution in [-0.2, 0) is 46.4 Å². The number of likely N-dealkylation sites (N-methyl/N-ethyl adjacent to an activating group) is 1. The van der Waals surface area contributed by atoms with Crippen LogP contribution in [0, 0.1) is 17.2 Å². The topological polar surface area (TPSA) is 334 Å². The molecule has 21 heteroatoms. The zero-order valence-corrected chi connectivity index (χ0v) is 36.0. The Hall–Kier alpha value is -6.09. The highest BCUT2D eigenvalue weighted by molar-refractivity contribution is 6.10. The summed E-state index contributed by atoms with van der Waals surface area (Å²) in [5.41, 5.74) is 3.54. The standard InChI is InChI=1S/C41H63N11O10/c1-6-23(3)33(37(58)50-30(19-26-20-45-22-47-26)38(59)52-17-9-11-31(52)34(55)41(62,39(60)61)24(4)7-2)51-36(57)29(18-25-12-14-27(53)15-13-25)49-35(56)28(48-32(54)21-44-5)10-8-16-46-40(42)43/h12-15,20,22-24,28-31,33,44,53,62H,6-11,16-19,21H2,1-5H3,(H,45,47)(H,48,54)(H,49,56)(H,50,58)(H,51,57)(H,60,61)(H4,42,43,46)/t23-,24?,28-,29-,30-,31-,33-,41?/m0/s1. The number of phenols is 1. The van der Waals surface area contributed by atoms with Crippen molar-refractivity contribution in [1.29, 1.82) is 5.41 Å². The Kier molecular flexibility index (Phi) is 19.3. The molecule has 1 aromatic heterocycles. The Morgan fingerprint density at radius 1 is 0.952 bits per heavy atom. The van der Waals surface area contributed by atoms with Crippen molar-refractivity contribution in [2.45, 2.75) is 115 Å². The second-order valence-electron chi connectivity index (χ2n) is 15.7. The molecule has 2 aromatic rings. The Labute approximate surface area is 360 Å². The van der Waals surface area contributed by atoms with Gasteiger partial charge in [0.05, 0.1) is 24.6 Å². The number of aliphatic hydroxyl groups is 1. The number of benzene rings is 1. The molecule has 0 aliphatic carbocycles. The number of rotatable bonds is 25. The van der Waals surface area contributed by atoms with Crippen molar-refractivity contribution in [3.05, 3.63) is 48.0 Å². The van der Waals surface area contributed by atoms with Gasteiger partial charge in [0.1, 0.15) is 29.9 Å². The number of carbonyl (C=O) groups excluding carboxylic acids is 6. The third-order valence-electron chi connectivity index (χ3n) is 11.2. The van der Waals surface area contributed by atoms with E-state index >= 15 is 0 Å². The van der Waals surface area contributed by atoms with Crippen molar-refractivity contribution in [3.63, 3.8) is 0 Å². The van der Waals surface area contributed by atoms with Gasteiger partial charge in [-0.1, -0.05) is 46.2 Å². The Balaban J connectivity index is 1.95. The van der Waals surface area contributed by atoms with Crippen molar-refractivity contribution in [3.8, 4) is 5.75 Å². The van der Waals surface area contributed by atoms with Crippen LogP contribution in [0.2, 0.25) is 0 Å². The summed E-state index contributed by atoms with van der Waals surface area (Å²) in [6, 6.07) is -0.411. The number of aromatic hydroxyl groups is 1. The van der Waals surface area contributed by atoms with E-state index in [9.17, 15) is 48.9 Å². The van der Waals surface area contributed by atoms with Gasteiger partial charge in [-0.2, -0.15) is 0 Å². The molecule has 8 atom stereocenters. The van der Waals surface area contributed by atoms with Crippen LogP contribution >= 0.6 is 0 Å². The summed E-state index contributed by atoms with van der Waals surface area (Å²) in [4.78, 5) is 104. The number of hydrogen-bond acceptors (Lipinski definition) is 12. The number of aliphatic carboxylic acids is 1. The number of nitrogens with zero attached hydrogens (tertiary/aromatic N) is 2. The molecule has 342 valence electrons. The van der Waals surface area contributed by atoms with Crippen LogP contribution < -0.4 is 37.6 Å². The van der Waals surface area contributed by atoms with Gasteiger partial charge in [-0.05, 0) is 62.8 Å². The molecule has 1 saturated heterocycles. The molecule has 21 nitrogen and oxygen atoms in total. The molecule has 1 aliphatic rings. The SMILES string of the molecule is CCC(C)C(O)(C(=O)O)C(=O)[C@@H]1CCCN1C(=O)[C@H](Cc1c[nH]cn1)NC(=O)[C@@H](NC(=O)[C@H](Cc1ccc(O)cc1)NC(=O)[C@H](CCCNC(=N)N)NC(=O)CNC)[C@@H](C)CC. The molecule has 2 heterocycles. The van der Waals surface area contributed by atoms with Gasteiger partial charge in [0.15, 0.2) is 11.7 Å². The number of ketones is 1. The molecular weight excluding hydrogens is 807 g/mol. The van der Waals surface area contributed by atoms with Gasteiger partial charge in [-0.15, -0.1) is 0 Å². The summed E-state index contributed by atoms with van der Waals surface area (Å²) in [6.45, 7) is 6.75. The summed E-state index contributed by atoms with van der Waals surface area (Å²) in [5, 5.41) is 54.7. The van der Waals surface area contributed by atoms with E-state index in [0.29, 0.717) is 30.5 Å². The summed E-state index contributed by atoms with van der Waals surface area (Å²) in [5.74, 6) is -8.01. The molecule has 5 amide bonds. The highest BCUT2D eigenvalue weighted by atomic mass is 16.4. The number of Topliss-reactive ketones (excluding diaryl/α,β-unsaturated/α-hetero) is 1. The number of carboxylic acids is 1. The number of H-pyrrole nitrogens is 1. The van der Waals surface area contributed by atoms with E-state index < -0.39 is 88.9 Å². The molecule has 3 rings (SSSR count). The molecule has 1 aliphatic heterocycles. The summed E-state index contributed by atoms with van der Waals surface area (Å²) >= 11 is 0. The maximum absolute atomic E-state index is 14.4. The lowest BCUT2D eigenvalue weighted by Gasteiger charge is -2.35. The van der Waals surface area contributed by atoms with Crippen LogP contribution in [-0.4, -0.2) is 140 Å². The number of imidazole rings is 1. The van der Waals surface area contributed by atoms with Gasteiger partial charge in [0.25, 0.3) is 0 Å². The average Bonchev–Trinajstić information content (AvgIpc) is 3.95. The number of nitrogens with one attached hydrogen (secondary N) is 8. The third-order valence-corrected chi connectivity index (χ3v) is 11.2. The lowest BCUT2D eigenvalue weighted by atomic mass is 9.80. The third kappa shape index (κ3) is 13.7. The maximum Gasteiger partial charge on any atom is 0.343 e. The average molecular weight is 870 g/mol. The smallest absolute Gasteiger partial charge is 0.343 e. The summed E-state index contributed by atoms with van der Waals surface area (Å²) in [7, 11) is 1.56. The van der Waals surface area contributed by atoms with Gasteiger partial charge in [-0.3, -0.25) is 34.2 Å². The fourth-order valence-electron chi connectivity index (χ4n) is 7.19. The molecule has 62 heavy (non-hydrogen) atoms. The van der Waals surface area contributed by atoms with E-state index in [4.69, 9.17) is 11.1 Å². The highest BCUT2D eigenvalue weighted by Crippen LogP contribution is 2.30. The number of likely N-dealkylation sites (tertiary alicyclic amines) is 1. The van der Waals surface area contributed by atoms with Crippen LogP contribution in [0.1, 0.15) is 77.5 Å². The molecule has 0 saturated carbocycles. The first-order chi connectivity index (χ1) is 29.4. The number of aromatic amines is 1. The fourth-order valence-corrected chi connectivity index (χ4v) is 7.19. The van der Waals surface area contributed by atoms with E-state index in [-0.39, 0.29) is 63.4 Å². The fraction of sp³-hybridized carbons (Fsp3) is 0.585. The Bertz CT molecular complexity index is 1860. The zero-order valence-electron chi connectivity index (χ0n) is 36.0. The number of carboxylic acid groups (broad SMARTS) is 1. The van der Waals surface area contributed by atoms with Crippen LogP contribution in [0.5, 0.6) is 5.75 Å². The molecule has 1 fully saturated rings. The number of phenolic OH excluding ortho intramolecular Hbond substituents is 1. The van der Waals surface area contributed by atoms with Gasteiger partial charge >= 0.3 is 5.97 Å². The number of carbonyl (C=O) groups is 7. The number of aromatic nitrogens is 2. The van der Waals surface area contributed by atoms with Gasteiger partial charge in [0, 0.05) is 38.0 Å². The lowest BCUT2D eigenvalue weighted by Crippen LogP contribution is -2.62. The monoisotopic (exact) mass is 869 g/mol. The first-order valence-electron chi connectivity index (χ1n) is 20.9. The van der Waals surface area contributed by atoms with Crippen LogP contribution in [0.25, 0.3) is 0 Å². The second kappa shape index (κ2) is 23.8. The van der Waals surface area contributed by atoms with Crippen molar-refractivity contribution in [2.75, 3.05) is 26.7 Å². The molecule has 0 radical (unpaired) electrons. The lowest BCUT2D eigenvalue weighted by molar-refractivity contribution is -0.174. The normalized spacial score (nSPS) is 17.5. The van der Waals surface area contributed by atoms with E-state index in [0.717, 1.165) is 0 Å². The largest absolute Gasteiger partial charge is 0.508 e. The maximum atomic E-state index is 14.4. The van der Waals surface area contributed by atoms with E-state index in [2.05, 4.69) is 41.9 Å². The number of hydrogen-bond donors (Lipinski definition) is 12. The quantitative estimate of drug-likeness (QED) is 0.0241. The zero-order chi connectivity index (χ0) is 46.1. The van der Waals surface area contributed by atoms with Gasteiger partial charge in [0.2, 0.25) is 35.1 Å². The number of nitrogens with two attached hydrogens (primary N) is 1. The van der Waals surface area contributed by atoms with E-state index in [1.54, 1.807) is 40.0 Å². The number of guanidine groups is 1. The van der Waals surface area contributed by atoms with E-state index in [1.807, 2.05) is 0 Å². The molecule has 0 bridgehead atoms. The Morgan fingerprint density at radius 3 is 2.19 bits per heavy atom. The van der Waals surface area contributed by atoms with Gasteiger partial charge < -0.3 is 62.8 Å². The molecule has 13 N–H and O–H groups in total. The van der Waals surface area contributed by atoms with Crippen LogP contribution in [0.3, 0.4) is 0 Å². The number of amides is 5. The van der Waals surface area contributed by atoms with Gasteiger partial charge in [-0.25, -0.2) is 9.78 Å². The summed E-state index contributed by atoms with van der Waals surface area (Å²) in [6.07, 6.45) is 4.04. The van der Waals surface area contributed by atoms with Crippen LogP contribution in [0.15, 0.2) is 36.8 Å². The Morgan fingerprint density at radius 2 is 1.61 bits per heavy atom. The minimum atomic E-state index is -2.76. The minimum absolute atomic E-state index is 0.0320. The minimum Gasteiger partial charge on any atom is -0.508 e. The van der Waals surface area contributed by atoms with Crippen molar-refractivity contribution >= 4 is 47.2 Å². The van der Waals surface area contributed by atoms with Crippen molar-refractivity contribution in [2.24, 2.45) is 17.6 Å². The molecule has 0 spiro atoms. The molecule has 1 aromatic carbocycles. The second-order valence-corrected chi connectivity index (χ2v) is 15.7. The first-order valence-corrected chi connectivity index (χ1v) is 20.9. The van der Waals surface area contributed by atoms with E-state index in [1.165, 1.54) is 36.5 Å². The predicted octanol–water partition coefficient (Wildman–Crippen LogP) is -1.21. The molecular formula is C41H63N11O10. The van der Waals surface area contributed by atoms with Crippen molar-refractivity contribution < 1.29 is 48.9 Å². The predicted molar refractivity (Wildman–Crippen MR) is 226 cm³/mol. The first kappa shape index (κ1) is 50.3. The molecule has 2 unspecified atom stereocenters. The van der Waals surface area contributed by atoms with Crippen molar-refractivity contribution in [1.82, 2.24) is 46.8 Å². The summed E-state index contributed by atoms with van der Waals surface area (Å²) < 4.78 is 0.